The van der Waals surface area contributed by atoms with Crippen molar-refractivity contribution in [1.29, 1.82) is 5.26 Å². The monoisotopic (exact) mass is 342 g/mol. The summed E-state index contributed by atoms with van der Waals surface area (Å²) in [5.74, 6) is -0.985. The Bertz CT molecular complexity index is 682. The smallest absolute Gasteiger partial charge is 0.344 e. The van der Waals surface area contributed by atoms with E-state index in [2.05, 4.69) is 5.32 Å². The molecular formula is C19H22N2O4. The number of benzene rings is 1. The molecule has 0 saturated heterocycles. The van der Waals surface area contributed by atoms with Crippen LogP contribution in [0.3, 0.4) is 0 Å². The minimum absolute atomic E-state index is 0.0538. The Morgan fingerprint density at radius 2 is 1.92 bits per heavy atom. The molecule has 0 radical (unpaired) electrons. The fourth-order valence-electron chi connectivity index (χ4n) is 2.72. The number of carbonyl (C=O) groups excluding carboxylic acids is 1. The summed E-state index contributed by atoms with van der Waals surface area (Å²) in [4.78, 5) is 23.0. The van der Waals surface area contributed by atoms with Crippen LogP contribution in [0.15, 0.2) is 29.8 Å². The molecule has 1 fully saturated rings. The summed E-state index contributed by atoms with van der Waals surface area (Å²) in [5.41, 5.74) is 0.726. The minimum atomic E-state index is -1.05. The maximum Gasteiger partial charge on any atom is 0.344 e. The average molecular weight is 342 g/mol. The molecule has 0 heterocycles. The highest BCUT2D eigenvalue weighted by Gasteiger charge is 2.18. The molecule has 1 aliphatic rings. The van der Waals surface area contributed by atoms with Crippen LogP contribution in [0.25, 0.3) is 6.08 Å². The van der Waals surface area contributed by atoms with Gasteiger partial charge in [-0.25, -0.2) is 4.79 Å². The zero-order valence-electron chi connectivity index (χ0n) is 14.2. The molecule has 6 heteroatoms. The molecule has 6 nitrogen and oxygen atoms in total. The van der Waals surface area contributed by atoms with E-state index in [1.165, 1.54) is 19.4 Å². The van der Waals surface area contributed by atoms with E-state index in [1.807, 2.05) is 6.07 Å². The summed E-state index contributed by atoms with van der Waals surface area (Å²) in [6, 6.07) is 8.66. The third kappa shape index (κ3) is 5.64. The molecule has 1 amide bonds. The van der Waals surface area contributed by atoms with Gasteiger partial charge in [0.2, 0.25) is 0 Å². The van der Waals surface area contributed by atoms with Crippen LogP contribution in [-0.4, -0.2) is 29.1 Å². The lowest BCUT2D eigenvalue weighted by Crippen LogP contribution is -2.36. The van der Waals surface area contributed by atoms with Gasteiger partial charge in [0.1, 0.15) is 17.4 Å². The molecule has 1 aromatic rings. The SMILES string of the molecule is C[C@H](Oc1ccc(/C=C(/C#N)C(=O)NC2CCCCC2)cc1)C(=O)O. The van der Waals surface area contributed by atoms with E-state index in [0.29, 0.717) is 11.3 Å². The summed E-state index contributed by atoms with van der Waals surface area (Å²) in [7, 11) is 0. The number of carboxylic acid groups (broad SMARTS) is 1. The molecule has 1 aromatic carbocycles. The lowest BCUT2D eigenvalue weighted by Gasteiger charge is -2.22. The predicted octanol–water partition coefficient (Wildman–Crippen LogP) is 2.89. The topological polar surface area (TPSA) is 99.4 Å². The molecule has 25 heavy (non-hydrogen) atoms. The van der Waals surface area contributed by atoms with E-state index >= 15 is 0 Å². The van der Waals surface area contributed by atoms with Crippen molar-refractivity contribution in [3.8, 4) is 11.8 Å². The van der Waals surface area contributed by atoms with Gasteiger partial charge in [-0.1, -0.05) is 31.4 Å². The summed E-state index contributed by atoms with van der Waals surface area (Å²) >= 11 is 0. The summed E-state index contributed by atoms with van der Waals surface area (Å²) in [6.45, 7) is 1.44. The van der Waals surface area contributed by atoms with Crippen LogP contribution in [0.1, 0.15) is 44.6 Å². The van der Waals surface area contributed by atoms with Crippen LogP contribution >= 0.6 is 0 Å². The number of carbonyl (C=O) groups is 2. The number of ether oxygens (including phenoxy) is 1. The largest absolute Gasteiger partial charge is 0.479 e. The van der Waals surface area contributed by atoms with Crippen molar-refractivity contribution in [3.05, 3.63) is 35.4 Å². The van der Waals surface area contributed by atoms with E-state index in [0.717, 1.165) is 25.7 Å². The Labute approximate surface area is 147 Å². The van der Waals surface area contributed by atoms with Gasteiger partial charge in [0.15, 0.2) is 6.10 Å². The van der Waals surface area contributed by atoms with Crippen molar-refractivity contribution in [2.75, 3.05) is 0 Å². The van der Waals surface area contributed by atoms with Crippen molar-refractivity contribution in [3.63, 3.8) is 0 Å². The number of amides is 1. The Morgan fingerprint density at radius 1 is 1.28 bits per heavy atom. The van der Waals surface area contributed by atoms with Gasteiger partial charge in [-0.15, -0.1) is 0 Å². The highest BCUT2D eigenvalue weighted by molar-refractivity contribution is 6.01. The Morgan fingerprint density at radius 3 is 2.48 bits per heavy atom. The van der Waals surface area contributed by atoms with E-state index in [9.17, 15) is 14.9 Å². The van der Waals surface area contributed by atoms with Crippen LogP contribution in [0, 0.1) is 11.3 Å². The molecule has 0 aliphatic heterocycles. The second-order valence-corrected chi connectivity index (χ2v) is 6.15. The molecule has 2 rings (SSSR count). The summed E-state index contributed by atoms with van der Waals surface area (Å²) in [6.07, 6.45) is 5.89. The van der Waals surface area contributed by atoms with Crippen LogP contribution in [0.4, 0.5) is 0 Å². The first-order chi connectivity index (χ1) is 12.0. The van der Waals surface area contributed by atoms with Gasteiger partial charge in [0, 0.05) is 6.04 Å². The van der Waals surface area contributed by atoms with Crippen molar-refractivity contribution < 1.29 is 19.4 Å². The molecule has 1 aliphatic carbocycles. The van der Waals surface area contributed by atoms with E-state index in [-0.39, 0.29) is 17.5 Å². The maximum atomic E-state index is 12.2. The van der Waals surface area contributed by atoms with Gasteiger partial charge in [-0.3, -0.25) is 4.79 Å². The predicted molar refractivity (Wildman–Crippen MR) is 92.8 cm³/mol. The summed E-state index contributed by atoms with van der Waals surface area (Å²) < 4.78 is 5.25. The molecule has 0 bridgehead atoms. The molecule has 1 atom stereocenters. The fourth-order valence-corrected chi connectivity index (χ4v) is 2.72. The van der Waals surface area contributed by atoms with Gasteiger partial charge in [0.25, 0.3) is 5.91 Å². The first-order valence-corrected chi connectivity index (χ1v) is 8.42. The van der Waals surface area contributed by atoms with Crippen molar-refractivity contribution >= 4 is 18.0 Å². The highest BCUT2D eigenvalue weighted by atomic mass is 16.5. The molecular weight excluding hydrogens is 320 g/mol. The number of nitriles is 1. The van der Waals surface area contributed by atoms with E-state index < -0.39 is 12.1 Å². The number of hydrogen-bond acceptors (Lipinski definition) is 4. The zero-order chi connectivity index (χ0) is 18.2. The minimum Gasteiger partial charge on any atom is -0.479 e. The van der Waals surface area contributed by atoms with Gasteiger partial charge in [0.05, 0.1) is 0 Å². The standard InChI is InChI=1S/C19H22N2O4/c1-13(19(23)24)25-17-9-7-14(8-10-17)11-15(12-20)18(22)21-16-5-3-2-4-6-16/h7-11,13,16H,2-6H2,1H3,(H,21,22)(H,23,24)/b15-11-/t13-/m0/s1. The molecule has 0 unspecified atom stereocenters. The van der Waals surface area contributed by atoms with Gasteiger partial charge >= 0.3 is 5.97 Å². The number of nitrogens with zero attached hydrogens (tertiary/aromatic N) is 1. The fraction of sp³-hybridized carbons (Fsp3) is 0.421. The quantitative estimate of drug-likeness (QED) is 0.612. The molecule has 1 saturated carbocycles. The average Bonchev–Trinajstić information content (AvgIpc) is 2.61. The Kier molecular flexibility index (Phi) is 6.58. The maximum absolute atomic E-state index is 12.2. The highest BCUT2D eigenvalue weighted by Crippen LogP contribution is 2.19. The van der Waals surface area contributed by atoms with Crippen LogP contribution in [0.2, 0.25) is 0 Å². The third-order valence-corrected chi connectivity index (χ3v) is 4.16. The van der Waals surface area contributed by atoms with Crippen LogP contribution < -0.4 is 10.1 Å². The first-order valence-electron chi connectivity index (χ1n) is 8.42. The molecule has 0 spiro atoms. The lowest BCUT2D eigenvalue weighted by atomic mass is 9.95. The summed E-state index contributed by atoms with van der Waals surface area (Å²) in [5, 5.41) is 21.0. The van der Waals surface area contributed by atoms with E-state index in [4.69, 9.17) is 9.84 Å². The van der Waals surface area contributed by atoms with Gasteiger partial charge in [-0.2, -0.15) is 5.26 Å². The first kappa shape index (κ1) is 18.5. The third-order valence-electron chi connectivity index (χ3n) is 4.16. The molecule has 0 aromatic heterocycles. The number of carboxylic acids is 1. The Hall–Kier alpha value is -2.81. The normalized spacial score (nSPS) is 16.6. The van der Waals surface area contributed by atoms with Crippen molar-refractivity contribution in [2.24, 2.45) is 0 Å². The van der Waals surface area contributed by atoms with Gasteiger partial charge < -0.3 is 15.2 Å². The molecule has 132 valence electrons. The molecule has 2 N–H and O–H groups in total. The number of rotatable bonds is 6. The van der Waals surface area contributed by atoms with Crippen LogP contribution in [-0.2, 0) is 9.59 Å². The second-order valence-electron chi connectivity index (χ2n) is 6.15. The van der Waals surface area contributed by atoms with Crippen molar-refractivity contribution in [1.82, 2.24) is 5.32 Å². The number of hydrogen-bond donors (Lipinski definition) is 2. The van der Waals surface area contributed by atoms with Gasteiger partial charge in [-0.05, 0) is 43.5 Å². The zero-order valence-corrected chi connectivity index (χ0v) is 14.2. The lowest BCUT2D eigenvalue weighted by molar-refractivity contribution is -0.144. The van der Waals surface area contributed by atoms with Crippen molar-refractivity contribution in [2.45, 2.75) is 51.2 Å². The van der Waals surface area contributed by atoms with E-state index in [1.54, 1.807) is 24.3 Å². The second kappa shape index (κ2) is 8.88. The number of nitrogens with one attached hydrogen (secondary N) is 1. The van der Waals surface area contributed by atoms with Crippen LogP contribution in [0.5, 0.6) is 5.75 Å². The number of aliphatic carboxylic acids is 1. The Balaban J connectivity index is 2.01.